The van der Waals surface area contributed by atoms with Crippen LogP contribution < -0.4 is 10.8 Å². The van der Waals surface area contributed by atoms with Crippen molar-refractivity contribution < 1.29 is 19.6 Å². The minimum Gasteiger partial charge on any atom is -0.344 e. The molecule has 0 bridgehead atoms. The Balaban J connectivity index is 5.09. The van der Waals surface area contributed by atoms with Crippen molar-refractivity contribution in [2.45, 2.75) is 72.8 Å². The van der Waals surface area contributed by atoms with Crippen LogP contribution in [-0.2, 0) is 14.4 Å². The molecule has 0 aromatic rings. The lowest BCUT2D eigenvalue weighted by atomic mass is 9.94. The summed E-state index contributed by atoms with van der Waals surface area (Å²) >= 11 is 0. The number of hydrogen-bond acceptors (Lipinski definition) is 4. The maximum atomic E-state index is 12.7. The minimum atomic E-state index is -0.613. The highest BCUT2D eigenvalue weighted by Crippen LogP contribution is 2.16. The van der Waals surface area contributed by atoms with Crippen molar-refractivity contribution in [2.75, 3.05) is 13.1 Å². The number of hydrogen-bond donors (Lipinski definition) is 3. The second-order valence-corrected chi connectivity index (χ2v) is 6.67. The fraction of sp³-hybridized carbons (Fsp3) is 0.833. The van der Waals surface area contributed by atoms with Gasteiger partial charge in [0.25, 0.3) is 0 Å². The Morgan fingerprint density at radius 2 is 1.64 bits per heavy atom. The minimum absolute atomic E-state index is 0.0555. The molecule has 0 fully saturated rings. The third-order valence-electron chi connectivity index (χ3n) is 4.39. The van der Waals surface area contributed by atoms with Crippen molar-refractivity contribution in [1.29, 1.82) is 0 Å². The van der Waals surface area contributed by atoms with Crippen molar-refractivity contribution in [3.63, 3.8) is 0 Å². The highest BCUT2D eigenvalue weighted by molar-refractivity contribution is 5.90. The van der Waals surface area contributed by atoms with E-state index in [1.165, 1.54) is 0 Å². The van der Waals surface area contributed by atoms with Gasteiger partial charge in [0.2, 0.25) is 17.7 Å². The molecule has 3 N–H and O–H groups in total. The summed E-state index contributed by atoms with van der Waals surface area (Å²) in [5, 5.41) is 11.6. The lowest BCUT2D eigenvalue weighted by molar-refractivity contribution is -0.139. The summed E-state index contributed by atoms with van der Waals surface area (Å²) in [5.74, 6) is -1.61. The van der Waals surface area contributed by atoms with Crippen LogP contribution in [0.3, 0.4) is 0 Å². The van der Waals surface area contributed by atoms with Crippen LogP contribution in [0.1, 0.15) is 66.7 Å². The third kappa shape index (κ3) is 8.34. The lowest BCUT2D eigenvalue weighted by Gasteiger charge is -2.29. The molecule has 0 spiro atoms. The fourth-order valence-corrected chi connectivity index (χ4v) is 2.75. The molecule has 0 aliphatic carbocycles. The zero-order valence-electron chi connectivity index (χ0n) is 16.3. The van der Waals surface area contributed by atoms with Gasteiger partial charge in [-0.15, -0.1) is 0 Å². The first-order chi connectivity index (χ1) is 11.8. The van der Waals surface area contributed by atoms with Crippen molar-refractivity contribution in [3.8, 4) is 0 Å². The molecule has 0 aliphatic rings. The third-order valence-corrected chi connectivity index (χ3v) is 4.39. The van der Waals surface area contributed by atoms with Gasteiger partial charge in [-0.05, 0) is 26.2 Å². The molecular weight excluding hydrogens is 322 g/mol. The lowest BCUT2D eigenvalue weighted by Crippen LogP contribution is -2.52. The normalized spacial score (nSPS) is 13.2. The maximum Gasteiger partial charge on any atom is 0.245 e. The van der Waals surface area contributed by atoms with E-state index in [0.29, 0.717) is 19.5 Å². The smallest absolute Gasteiger partial charge is 0.245 e. The van der Waals surface area contributed by atoms with Crippen LogP contribution in [-0.4, -0.2) is 47.0 Å². The zero-order chi connectivity index (χ0) is 19.4. The van der Waals surface area contributed by atoms with Gasteiger partial charge in [-0.25, -0.2) is 5.48 Å². The number of nitrogens with one attached hydrogen (secondary N) is 2. The van der Waals surface area contributed by atoms with Gasteiger partial charge in [0, 0.05) is 25.4 Å². The molecule has 2 atom stereocenters. The average Bonchev–Trinajstić information content (AvgIpc) is 2.59. The van der Waals surface area contributed by atoms with E-state index in [1.54, 1.807) is 10.4 Å². The summed E-state index contributed by atoms with van der Waals surface area (Å²) in [6.07, 6.45) is 3.27. The molecule has 0 unspecified atom stereocenters. The number of carbonyl (C=O) groups is 3. The Morgan fingerprint density at radius 3 is 2.08 bits per heavy atom. The van der Waals surface area contributed by atoms with Gasteiger partial charge in [0.1, 0.15) is 6.04 Å². The first kappa shape index (κ1) is 23.4. The Labute approximate surface area is 151 Å². The van der Waals surface area contributed by atoms with Crippen LogP contribution in [0.4, 0.5) is 0 Å². The monoisotopic (exact) mass is 357 g/mol. The van der Waals surface area contributed by atoms with Gasteiger partial charge in [-0.1, -0.05) is 40.0 Å². The summed E-state index contributed by atoms with van der Waals surface area (Å²) in [6, 6.07) is -0.613. The molecule has 0 saturated heterocycles. The molecule has 0 aliphatic heterocycles. The van der Waals surface area contributed by atoms with Crippen molar-refractivity contribution in [1.82, 2.24) is 15.7 Å². The predicted octanol–water partition coefficient (Wildman–Crippen LogP) is 2.09. The topological polar surface area (TPSA) is 98.7 Å². The van der Waals surface area contributed by atoms with Gasteiger partial charge < -0.3 is 10.2 Å². The van der Waals surface area contributed by atoms with Gasteiger partial charge >= 0.3 is 0 Å². The number of carbonyl (C=O) groups excluding carboxylic acids is 3. The number of likely N-dealkylation sites (N-methyl/N-ethyl adjacent to an activating group) is 1. The van der Waals surface area contributed by atoms with E-state index in [-0.39, 0.29) is 24.2 Å². The molecule has 0 radical (unpaired) electrons. The number of nitrogens with zero attached hydrogens (tertiary/aromatic N) is 1. The van der Waals surface area contributed by atoms with Crippen LogP contribution in [0.15, 0.2) is 0 Å². The molecule has 7 heteroatoms. The van der Waals surface area contributed by atoms with E-state index in [9.17, 15) is 14.4 Å². The van der Waals surface area contributed by atoms with E-state index < -0.39 is 17.9 Å². The Kier molecular flexibility index (Phi) is 11.9. The highest BCUT2D eigenvalue weighted by Gasteiger charge is 2.30. The Morgan fingerprint density at radius 1 is 1.04 bits per heavy atom. The maximum absolute atomic E-state index is 12.7. The van der Waals surface area contributed by atoms with E-state index in [2.05, 4.69) is 12.2 Å². The Hall–Kier alpha value is -1.63. The summed E-state index contributed by atoms with van der Waals surface area (Å²) in [6.45, 7) is 10.8. The zero-order valence-corrected chi connectivity index (χ0v) is 16.3. The molecule has 0 aromatic heterocycles. The van der Waals surface area contributed by atoms with E-state index in [4.69, 9.17) is 5.21 Å². The van der Waals surface area contributed by atoms with Gasteiger partial charge in [0.15, 0.2) is 0 Å². The first-order valence-corrected chi connectivity index (χ1v) is 9.34. The van der Waals surface area contributed by atoms with Gasteiger partial charge in [-0.2, -0.15) is 0 Å². The Bertz CT molecular complexity index is 423. The van der Waals surface area contributed by atoms with E-state index in [0.717, 1.165) is 19.3 Å². The van der Waals surface area contributed by atoms with Crippen molar-refractivity contribution >= 4 is 17.7 Å². The van der Waals surface area contributed by atoms with Crippen LogP contribution in [0.5, 0.6) is 0 Å². The number of amides is 3. The summed E-state index contributed by atoms with van der Waals surface area (Å²) in [4.78, 5) is 38.5. The molecule has 0 saturated carbocycles. The molecule has 0 heterocycles. The van der Waals surface area contributed by atoms with E-state index >= 15 is 0 Å². The van der Waals surface area contributed by atoms with Crippen LogP contribution in [0.25, 0.3) is 0 Å². The number of unbranched alkanes of at least 4 members (excludes halogenated alkanes) is 2. The average molecular weight is 357 g/mol. The quantitative estimate of drug-likeness (QED) is 0.283. The summed E-state index contributed by atoms with van der Waals surface area (Å²) in [5.41, 5.74) is 1.58. The second-order valence-electron chi connectivity index (χ2n) is 6.67. The fourth-order valence-electron chi connectivity index (χ4n) is 2.75. The number of hydroxylamine groups is 1. The molecule has 0 rings (SSSR count). The van der Waals surface area contributed by atoms with Crippen molar-refractivity contribution in [2.24, 2.45) is 11.8 Å². The van der Waals surface area contributed by atoms with Gasteiger partial charge in [0.05, 0.1) is 0 Å². The van der Waals surface area contributed by atoms with Gasteiger partial charge in [-0.3, -0.25) is 19.6 Å². The SMILES string of the molecule is CCCCC[C@H](CC(=O)NO)C(=O)N[C@H](C(=O)N(CC)CC)C(C)C. The summed E-state index contributed by atoms with van der Waals surface area (Å²) < 4.78 is 0. The van der Waals surface area contributed by atoms with Crippen LogP contribution >= 0.6 is 0 Å². The molecule has 3 amide bonds. The van der Waals surface area contributed by atoms with Crippen molar-refractivity contribution in [3.05, 3.63) is 0 Å². The standard InChI is InChI=1S/C18H35N3O4/c1-6-9-10-11-14(12-15(22)20-25)17(23)19-16(13(4)5)18(24)21(7-2)8-3/h13-14,16,25H,6-12H2,1-5H3,(H,19,23)(H,20,22)/t14-,16+/m1/s1. The predicted molar refractivity (Wildman–Crippen MR) is 96.9 cm³/mol. The summed E-state index contributed by atoms with van der Waals surface area (Å²) in [7, 11) is 0. The first-order valence-electron chi connectivity index (χ1n) is 9.34. The molecular formula is C18H35N3O4. The second kappa shape index (κ2) is 12.7. The molecule has 0 aromatic carbocycles. The van der Waals surface area contributed by atoms with Crippen LogP contribution in [0.2, 0.25) is 0 Å². The van der Waals surface area contributed by atoms with E-state index in [1.807, 2.05) is 27.7 Å². The number of rotatable bonds is 12. The molecule has 25 heavy (non-hydrogen) atoms. The highest BCUT2D eigenvalue weighted by atomic mass is 16.5. The largest absolute Gasteiger partial charge is 0.344 e. The van der Waals surface area contributed by atoms with Crippen LogP contribution in [0, 0.1) is 11.8 Å². The molecule has 146 valence electrons. The molecule has 7 nitrogen and oxygen atoms in total.